The molecule has 19 heavy (non-hydrogen) atoms. The van der Waals surface area contributed by atoms with Gasteiger partial charge in [0.15, 0.2) is 0 Å². The predicted molar refractivity (Wildman–Crippen MR) is 73.4 cm³/mol. The molecule has 1 aliphatic heterocycles. The van der Waals surface area contributed by atoms with Crippen LogP contribution in [0.4, 0.5) is 4.39 Å². The molecule has 6 heteroatoms. The molecule has 1 fully saturated rings. The fourth-order valence-corrected chi connectivity index (χ4v) is 2.43. The number of amides is 1. The van der Waals surface area contributed by atoms with Crippen molar-refractivity contribution < 1.29 is 13.9 Å². The lowest BCUT2D eigenvalue weighted by Crippen LogP contribution is -2.51. The fourth-order valence-electron chi connectivity index (χ4n) is 2.01. The third kappa shape index (κ3) is 3.32. The number of rotatable bonds is 2. The highest BCUT2D eigenvalue weighted by Gasteiger charge is 2.28. The van der Waals surface area contributed by atoms with Crippen LogP contribution in [-0.4, -0.2) is 42.6 Å². The second kappa shape index (κ2) is 5.98. The number of hydrogen-bond donors (Lipinski definition) is 1. The lowest BCUT2D eigenvalue weighted by atomic mass is 10.1. The van der Waals surface area contributed by atoms with Crippen LogP contribution < -0.4 is 5.73 Å². The molecule has 1 amide bonds. The van der Waals surface area contributed by atoms with Crippen LogP contribution in [0.5, 0.6) is 0 Å². The van der Waals surface area contributed by atoms with Crippen molar-refractivity contribution in [1.82, 2.24) is 4.90 Å². The molecule has 0 aliphatic carbocycles. The SMILES string of the molecule is CC(N)C1CN(C(=O)c2cc(F)ccc2Br)CCO1. The number of hydrogen-bond acceptors (Lipinski definition) is 3. The Kier molecular flexibility index (Phi) is 4.54. The van der Waals surface area contributed by atoms with E-state index < -0.39 is 5.82 Å². The zero-order valence-electron chi connectivity index (χ0n) is 10.6. The normalized spacial score (nSPS) is 21.3. The molecule has 2 rings (SSSR count). The van der Waals surface area contributed by atoms with Crippen molar-refractivity contribution in [2.75, 3.05) is 19.7 Å². The maximum absolute atomic E-state index is 13.2. The minimum absolute atomic E-state index is 0.147. The maximum Gasteiger partial charge on any atom is 0.255 e. The Morgan fingerprint density at radius 3 is 3.05 bits per heavy atom. The number of nitrogens with zero attached hydrogens (tertiary/aromatic N) is 1. The van der Waals surface area contributed by atoms with Gasteiger partial charge in [0.05, 0.1) is 18.3 Å². The first-order valence-corrected chi connectivity index (χ1v) is 6.90. The summed E-state index contributed by atoms with van der Waals surface area (Å²) in [6.07, 6.45) is -0.176. The second-order valence-electron chi connectivity index (χ2n) is 4.64. The summed E-state index contributed by atoms with van der Waals surface area (Å²) in [5.41, 5.74) is 6.11. The number of carbonyl (C=O) groups is 1. The van der Waals surface area contributed by atoms with Gasteiger partial charge in [0, 0.05) is 23.6 Å². The lowest BCUT2D eigenvalue weighted by molar-refractivity contribution is -0.0300. The Bertz CT molecular complexity index is 482. The first-order valence-electron chi connectivity index (χ1n) is 6.10. The summed E-state index contributed by atoms with van der Waals surface area (Å²) in [5.74, 6) is -0.635. The van der Waals surface area contributed by atoms with Crippen molar-refractivity contribution in [3.63, 3.8) is 0 Å². The van der Waals surface area contributed by atoms with Crippen molar-refractivity contribution in [3.8, 4) is 0 Å². The Morgan fingerprint density at radius 2 is 2.37 bits per heavy atom. The van der Waals surface area contributed by atoms with Crippen LogP contribution >= 0.6 is 15.9 Å². The number of morpholine rings is 1. The zero-order chi connectivity index (χ0) is 14.0. The van der Waals surface area contributed by atoms with E-state index in [9.17, 15) is 9.18 Å². The highest BCUT2D eigenvalue weighted by Crippen LogP contribution is 2.21. The number of nitrogens with two attached hydrogens (primary N) is 1. The molecule has 0 spiro atoms. The maximum atomic E-state index is 13.2. The van der Waals surface area contributed by atoms with Gasteiger partial charge in [-0.25, -0.2) is 4.39 Å². The standard InChI is InChI=1S/C13H16BrFN2O2/c1-8(16)12-7-17(4-5-19-12)13(18)10-6-9(15)2-3-11(10)14/h2-3,6,8,12H,4-5,7,16H2,1H3. The third-order valence-corrected chi connectivity index (χ3v) is 3.82. The van der Waals surface area contributed by atoms with Gasteiger partial charge in [-0.3, -0.25) is 4.79 Å². The number of halogens is 2. The van der Waals surface area contributed by atoms with Gasteiger partial charge in [0.25, 0.3) is 5.91 Å². The van der Waals surface area contributed by atoms with E-state index in [-0.39, 0.29) is 18.1 Å². The van der Waals surface area contributed by atoms with Gasteiger partial charge in [-0.2, -0.15) is 0 Å². The molecule has 1 aliphatic rings. The van der Waals surface area contributed by atoms with Gasteiger partial charge in [-0.05, 0) is 41.1 Å². The first-order chi connectivity index (χ1) is 8.99. The van der Waals surface area contributed by atoms with E-state index in [1.807, 2.05) is 6.92 Å². The molecule has 0 saturated carbocycles. The molecule has 0 bridgehead atoms. The van der Waals surface area contributed by atoms with Crippen molar-refractivity contribution in [3.05, 3.63) is 34.1 Å². The van der Waals surface area contributed by atoms with Gasteiger partial charge < -0.3 is 15.4 Å². The Labute approximate surface area is 119 Å². The topological polar surface area (TPSA) is 55.6 Å². The largest absolute Gasteiger partial charge is 0.373 e. The quantitative estimate of drug-likeness (QED) is 0.899. The Balaban J connectivity index is 2.17. The van der Waals surface area contributed by atoms with Crippen molar-refractivity contribution in [1.29, 1.82) is 0 Å². The molecule has 104 valence electrons. The van der Waals surface area contributed by atoms with Crippen LogP contribution in [0.3, 0.4) is 0 Å². The molecule has 0 aromatic heterocycles. The molecule has 2 N–H and O–H groups in total. The minimum atomic E-state index is -0.427. The van der Waals surface area contributed by atoms with Crippen LogP contribution in [-0.2, 0) is 4.74 Å². The van der Waals surface area contributed by atoms with E-state index in [4.69, 9.17) is 10.5 Å². The number of ether oxygens (including phenoxy) is 1. The van der Waals surface area contributed by atoms with Crippen LogP contribution in [0, 0.1) is 5.82 Å². The average molecular weight is 331 g/mol. The van der Waals surface area contributed by atoms with E-state index in [2.05, 4.69) is 15.9 Å². The summed E-state index contributed by atoms with van der Waals surface area (Å²) >= 11 is 3.27. The summed E-state index contributed by atoms with van der Waals surface area (Å²) in [4.78, 5) is 14.0. The second-order valence-corrected chi connectivity index (χ2v) is 5.50. The van der Waals surface area contributed by atoms with E-state index in [1.54, 1.807) is 4.90 Å². The Morgan fingerprint density at radius 1 is 1.63 bits per heavy atom. The van der Waals surface area contributed by atoms with Gasteiger partial charge in [0.2, 0.25) is 0 Å². The van der Waals surface area contributed by atoms with Crippen molar-refractivity contribution >= 4 is 21.8 Å². The molecule has 1 aromatic rings. The molecular formula is C13H16BrFN2O2. The van der Waals surface area contributed by atoms with Gasteiger partial charge in [0.1, 0.15) is 5.82 Å². The molecule has 1 heterocycles. The predicted octanol–water partition coefficient (Wildman–Crippen LogP) is 1.78. The highest BCUT2D eigenvalue weighted by atomic mass is 79.9. The van der Waals surface area contributed by atoms with Crippen molar-refractivity contribution in [2.45, 2.75) is 19.1 Å². The first kappa shape index (κ1) is 14.4. The van der Waals surface area contributed by atoms with Gasteiger partial charge in [-0.1, -0.05) is 0 Å². The summed E-state index contributed by atoms with van der Waals surface area (Å²) in [6.45, 7) is 3.21. The van der Waals surface area contributed by atoms with Crippen LogP contribution in [0.25, 0.3) is 0 Å². The van der Waals surface area contributed by atoms with E-state index in [0.717, 1.165) is 0 Å². The summed E-state index contributed by atoms with van der Waals surface area (Å²) < 4.78 is 19.3. The molecule has 2 atom stereocenters. The zero-order valence-corrected chi connectivity index (χ0v) is 12.2. The molecule has 0 radical (unpaired) electrons. The average Bonchev–Trinajstić information content (AvgIpc) is 2.41. The van der Waals surface area contributed by atoms with Crippen LogP contribution in [0.15, 0.2) is 22.7 Å². The molecule has 1 saturated heterocycles. The molecule has 1 aromatic carbocycles. The number of benzene rings is 1. The van der Waals surface area contributed by atoms with Gasteiger partial charge in [-0.15, -0.1) is 0 Å². The van der Waals surface area contributed by atoms with Crippen LogP contribution in [0.2, 0.25) is 0 Å². The lowest BCUT2D eigenvalue weighted by Gasteiger charge is -2.34. The number of carbonyl (C=O) groups excluding carboxylic acids is 1. The minimum Gasteiger partial charge on any atom is -0.373 e. The van der Waals surface area contributed by atoms with Crippen LogP contribution in [0.1, 0.15) is 17.3 Å². The Hall–Kier alpha value is -0.980. The van der Waals surface area contributed by atoms with Gasteiger partial charge >= 0.3 is 0 Å². The van der Waals surface area contributed by atoms with E-state index in [0.29, 0.717) is 29.7 Å². The summed E-state index contributed by atoms with van der Waals surface area (Å²) in [5, 5.41) is 0. The fraction of sp³-hybridized carbons (Fsp3) is 0.462. The van der Waals surface area contributed by atoms with E-state index in [1.165, 1.54) is 18.2 Å². The molecular weight excluding hydrogens is 315 g/mol. The van der Waals surface area contributed by atoms with E-state index >= 15 is 0 Å². The summed E-state index contributed by atoms with van der Waals surface area (Å²) in [6, 6.07) is 3.94. The monoisotopic (exact) mass is 330 g/mol. The molecule has 4 nitrogen and oxygen atoms in total. The third-order valence-electron chi connectivity index (χ3n) is 3.13. The molecule has 2 unspecified atom stereocenters. The highest BCUT2D eigenvalue weighted by molar-refractivity contribution is 9.10. The summed E-state index contributed by atoms with van der Waals surface area (Å²) in [7, 11) is 0. The van der Waals surface area contributed by atoms with Crippen molar-refractivity contribution in [2.24, 2.45) is 5.73 Å². The smallest absolute Gasteiger partial charge is 0.255 e.